The van der Waals surface area contributed by atoms with Crippen molar-refractivity contribution < 1.29 is 0 Å². The molecule has 1 N–H and O–H groups in total. The molecule has 0 saturated carbocycles. The van der Waals surface area contributed by atoms with Crippen molar-refractivity contribution in [2.45, 2.75) is 6.42 Å². The summed E-state index contributed by atoms with van der Waals surface area (Å²) in [5, 5.41) is 3.23. The van der Waals surface area contributed by atoms with Crippen LogP contribution in [0, 0.1) is 11.8 Å². The van der Waals surface area contributed by atoms with Gasteiger partial charge in [-0.2, -0.15) is 0 Å². The molecule has 1 nitrogen and oxygen atoms in total. The third kappa shape index (κ3) is 1.23. The highest BCUT2D eigenvalue weighted by molar-refractivity contribution is 7.80. The largest absolute Gasteiger partial charge is 0.379 e. The van der Waals surface area contributed by atoms with Gasteiger partial charge in [-0.05, 0) is 12.3 Å². The first-order valence-electron chi connectivity index (χ1n) is 4.00. The molecule has 0 radical (unpaired) electrons. The maximum absolute atomic E-state index is 5.21. The van der Waals surface area contributed by atoms with Gasteiger partial charge in [-0.3, -0.25) is 0 Å². The van der Waals surface area contributed by atoms with Gasteiger partial charge in [0, 0.05) is 12.5 Å². The minimum atomic E-state index is 0.476. The molecule has 0 aromatic heterocycles. The molecule has 58 valence electrons. The molecule has 1 aliphatic carbocycles. The minimum Gasteiger partial charge on any atom is -0.379 e. The highest BCUT2D eigenvalue weighted by atomic mass is 32.1. The average molecular weight is 165 g/mol. The van der Waals surface area contributed by atoms with Gasteiger partial charge >= 0.3 is 0 Å². The lowest BCUT2D eigenvalue weighted by Gasteiger charge is -2.30. The summed E-state index contributed by atoms with van der Waals surface area (Å²) in [6.07, 6.45) is 9.87. The second kappa shape index (κ2) is 2.78. The first-order chi connectivity index (χ1) is 5.38. The van der Waals surface area contributed by atoms with Gasteiger partial charge in [0.2, 0.25) is 0 Å². The van der Waals surface area contributed by atoms with E-state index < -0.39 is 0 Å². The van der Waals surface area contributed by atoms with Crippen LogP contribution in [-0.4, -0.2) is 11.5 Å². The fourth-order valence-electron chi connectivity index (χ4n) is 1.69. The maximum atomic E-state index is 5.21. The van der Waals surface area contributed by atoms with E-state index in [0.717, 1.165) is 11.5 Å². The summed E-state index contributed by atoms with van der Waals surface area (Å²) in [6.45, 7) is 1.04. The summed E-state index contributed by atoms with van der Waals surface area (Å²) >= 11 is 5.21. The summed E-state index contributed by atoms with van der Waals surface area (Å²) < 4.78 is 0. The van der Waals surface area contributed by atoms with Gasteiger partial charge in [0.1, 0.15) is 0 Å². The Bertz CT molecular complexity index is 230. The van der Waals surface area contributed by atoms with E-state index in [1.807, 2.05) is 0 Å². The lowest BCUT2D eigenvalue weighted by atomic mass is 9.83. The van der Waals surface area contributed by atoms with Gasteiger partial charge in [0.25, 0.3) is 0 Å². The van der Waals surface area contributed by atoms with Crippen molar-refractivity contribution in [3.63, 3.8) is 0 Å². The Morgan fingerprint density at radius 3 is 3.00 bits per heavy atom. The normalized spacial score (nSPS) is 34.7. The van der Waals surface area contributed by atoms with E-state index in [-0.39, 0.29) is 0 Å². The molecule has 2 heteroatoms. The fourth-order valence-corrected chi connectivity index (χ4v) is 2.05. The first-order valence-corrected chi connectivity index (χ1v) is 4.41. The SMILES string of the molecule is S=C1NCCC2C=CC=CC12. The van der Waals surface area contributed by atoms with Crippen molar-refractivity contribution >= 4 is 17.2 Å². The predicted octanol–water partition coefficient (Wildman–Crippen LogP) is 1.67. The molecular weight excluding hydrogens is 154 g/mol. The Morgan fingerprint density at radius 2 is 2.18 bits per heavy atom. The van der Waals surface area contributed by atoms with Crippen molar-refractivity contribution in [3.8, 4) is 0 Å². The van der Waals surface area contributed by atoms with Crippen molar-refractivity contribution in [1.82, 2.24) is 5.32 Å². The first kappa shape index (κ1) is 7.04. The molecule has 2 rings (SSSR count). The Hall–Kier alpha value is -0.630. The van der Waals surface area contributed by atoms with Gasteiger partial charge in [-0.1, -0.05) is 36.5 Å². The summed E-state index contributed by atoms with van der Waals surface area (Å²) in [7, 11) is 0. The molecular formula is C9H11NS. The molecule has 1 aliphatic heterocycles. The summed E-state index contributed by atoms with van der Waals surface area (Å²) in [5.41, 5.74) is 0. The van der Waals surface area contributed by atoms with Gasteiger partial charge in [0.15, 0.2) is 0 Å². The van der Waals surface area contributed by atoms with Gasteiger partial charge in [0.05, 0.1) is 4.99 Å². The van der Waals surface area contributed by atoms with Gasteiger partial charge in [-0.25, -0.2) is 0 Å². The number of hydrogen-bond donors (Lipinski definition) is 1. The van der Waals surface area contributed by atoms with E-state index in [1.54, 1.807) is 0 Å². The van der Waals surface area contributed by atoms with E-state index in [2.05, 4.69) is 29.6 Å². The van der Waals surface area contributed by atoms with Crippen LogP contribution < -0.4 is 5.32 Å². The van der Waals surface area contributed by atoms with Crippen molar-refractivity contribution in [1.29, 1.82) is 0 Å². The van der Waals surface area contributed by atoms with Gasteiger partial charge in [-0.15, -0.1) is 0 Å². The third-order valence-corrected chi connectivity index (χ3v) is 2.75. The molecule has 1 fully saturated rings. The fraction of sp³-hybridized carbons (Fsp3) is 0.444. The zero-order valence-electron chi connectivity index (χ0n) is 6.29. The molecule has 0 aromatic rings. The zero-order valence-corrected chi connectivity index (χ0v) is 7.10. The highest BCUT2D eigenvalue weighted by Gasteiger charge is 2.25. The van der Waals surface area contributed by atoms with Crippen LogP contribution in [0.15, 0.2) is 24.3 Å². The standard InChI is InChI=1S/C9H11NS/c11-9-8-4-2-1-3-7(8)5-6-10-9/h1-4,7-8H,5-6H2,(H,10,11). The number of fused-ring (bicyclic) bond motifs is 1. The van der Waals surface area contributed by atoms with Crippen LogP contribution in [0.2, 0.25) is 0 Å². The number of rotatable bonds is 0. The monoisotopic (exact) mass is 165 g/mol. The summed E-state index contributed by atoms with van der Waals surface area (Å²) in [4.78, 5) is 1.02. The molecule has 1 saturated heterocycles. The van der Waals surface area contributed by atoms with Crippen molar-refractivity contribution in [2.75, 3.05) is 6.54 Å². The molecule has 0 spiro atoms. The number of allylic oxidation sites excluding steroid dienone is 3. The van der Waals surface area contributed by atoms with Crippen LogP contribution in [0.3, 0.4) is 0 Å². The van der Waals surface area contributed by atoms with E-state index in [1.165, 1.54) is 6.42 Å². The molecule has 0 bridgehead atoms. The Kier molecular flexibility index (Phi) is 1.78. The lowest BCUT2D eigenvalue weighted by molar-refractivity contribution is 0.484. The quantitative estimate of drug-likeness (QED) is 0.548. The van der Waals surface area contributed by atoms with Crippen molar-refractivity contribution in [2.24, 2.45) is 11.8 Å². The smallest absolute Gasteiger partial charge is 0.0829 e. The molecule has 1 heterocycles. The van der Waals surface area contributed by atoms with Crippen LogP contribution in [0.5, 0.6) is 0 Å². The maximum Gasteiger partial charge on any atom is 0.0829 e. The number of hydrogen-bond acceptors (Lipinski definition) is 1. The Labute approximate surface area is 72.2 Å². The number of thiocarbonyl (C=S) groups is 1. The van der Waals surface area contributed by atoms with Gasteiger partial charge < -0.3 is 5.32 Å². The molecule has 2 unspecified atom stereocenters. The molecule has 2 atom stereocenters. The zero-order chi connectivity index (χ0) is 7.68. The van der Waals surface area contributed by atoms with Crippen molar-refractivity contribution in [3.05, 3.63) is 24.3 Å². The van der Waals surface area contributed by atoms with Crippen LogP contribution in [0.1, 0.15) is 6.42 Å². The number of nitrogens with one attached hydrogen (secondary N) is 1. The Morgan fingerprint density at radius 1 is 1.36 bits per heavy atom. The molecule has 0 amide bonds. The van der Waals surface area contributed by atoms with Crippen LogP contribution in [-0.2, 0) is 0 Å². The highest BCUT2D eigenvalue weighted by Crippen LogP contribution is 2.26. The van der Waals surface area contributed by atoms with E-state index in [4.69, 9.17) is 12.2 Å². The Balaban J connectivity index is 2.20. The predicted molar refractivity (Wildman–Crippen MR) is 50.5 cm³/mol. The lowest BCUT2D eigenvalue weighted by Crippen LogP contribution is -2.39. The third-order valence-electron chi connectivity index (χ3n) is 2.33. The number of piperidine rings is 1. The van der Waals surface area contributed by atoms with E-state index in [9.17, 15) is 0 Å². The molecule has 2 aliphatic rings. The van der Waals surface area contributed by atoms with Crippen LogP contribution >= 0.6 is 12.2 Å². The summed E-state index contributed by atoms with van der Waals surface area (Å²) in [5.74, 6) is 1.14. The molecule has 11 heavy (non-hydrogen) atoms. The minimum absolute atomic E-state index is 0.476. The topological polar surface area (TPSA) is 12.0 Å². The second-order valence-corrected chi connectivity index (χ2v) is 3.48. The summed E-state index contributed by atoms with van der Waals surface area (Å²) in [6, 6.07) is 0. The van der Waals surface area contributed by atoms with Crippen LogP contribution in [0.25, 0.3) is 0 Å². The average Bonchev–Trinajstić information content (AvgIpc) is 2.06. The second-order valence-electron chi connectivity index (χ2n) is 3.04. The van der Waals surface area contributed by atoms with Crippen LogP contribution in [0.4, 0.5) is 0 Å². The van der Waals surface area contributed by atoms with E-state index in [0.29, 0.717) is 11.8 Å². The van der Waals surface area contributed by atoms with E-state index >= 15 is 0 Å². The molecule has 0 aromatic carbocycles.